The van der Waals surface area contributed by atoms with Crippen molar-refractivity contribution in [3.63, 3.8) is 0 Å². The molecule has 106 valence electrons. The lowest BCUT2D eigenvalue weighted by Gasteiger charge is -2.22. The van der Waals surface area contributed by atoms with Gasteiger partial charge in [0, 0.05) is 32.6 Å². The molecule has 0 N–H and O–H groups in total. The molecule has 1 aromatic heterocycles. The smallest absolute Gasteiger partial charge is 0.133 e. The largest absolute Gasteiger partial charge is 0.358 e. The SMILES string of the molecule is CCCc1nc(Br)cc(N(C)CCN2CCCC2)n1. The summed E-state index contributed by atoms with van der Waals surface area (Å²) in [5, 5.41) is 0. The monoisotopic (exact) mass is 326 g/mol. The first-order chi connectivity index (χ1) is 9.19. The van der Waals surface area contributed by atoms with Crippen LogP contribution in [0.3, 0.4) is 0 Å². The van der Waals surface area contributed by atoms with Gasteiger partial charge in [-0.3, -0.25) is 0 Å². The van der Waals surface area contributed by atoms with Gasteiger partial charge < -0.3 is 9.80 Å². The Morgan fingerprint density at radius 2 is 2.05 bits per heavy atom. The molecule has 19 heavy (non-hydrogen) atoms. The first kappa shape index (κ1) is 14.7. The fourth-order valence-electron chi connectivity index (χ4n) is 2.39. The van der Waals surface area contributed by atoms with Gasteiger partial charge in [-0.15, -0.1) is 0 Å². The number of aromatic nitrogens is 2. The summed E-state index contributed by atoms with van der Waals surface area (Å²) in [6, 6.07) is 2.00. The van der Waals surface area contributed by atoms with Gasteiger partial charge in [0.05, 0.1) is 0 Å². The predicted molar refractivity (Wildman–Crippen MR) is 82.7 cm³/mol. The molecule has 1 aliphatic heterocycles. The van der Waals surface area contributed by atoms with Gasteiger partial charge in [-0.25, -0.2) is 9.97 Å². The first-order valence-corrected chi connectivity index (χ1v) is 7.95. The van der Waals surface area contributed by atoms with Gasteiger partial charge in [0.15, 0.2) is 0 Å². The predicted octanol–water partition coefficient (Wildman–Crippen LogP) is 2.72. The van der Waals surface area contributed by atoms with Crippen LogP contribution < -0.4 is 4.90 Å². The van der Waals surface area contributed by atoms with Crippen LogP contribution in [-0.2, 0) is 6.42 Å². The van der Waals surface area contributed by atoms with E-state index in [1.165, 1.54) is 25.9 Å². The molecule has 0 aromatic carbocycles. The number of hydrogen-bond donors (Lipinski definition) is 0. The average Bonchev–Trinajstić information content (AvgIpc) is 2.88. The number of aryl methyl sites for hydroxylation is 1. The van der Waals surface area contributed by atoms with E-state index in [2.05, 4.69) is 49.7 Å². The molecule has 1 fully saturated rings. The summed E-state index contributed by atoms with van der Waals surface area (Å²) in [6.45, 7) is 6.81. The fourth-order valence-corrected chi connectivity index (χ4v) is 2.80. The standard InChI is InChI=1S/C14H23BrN4/c1-3-6-13-16-12(15)11-14(17-13)18(2)9-10-19-7-4-5-8-19/h11H,3-10H2,1-2H3. The Bertz CT molecular complexity index is 404. The number of likely N-dealkylation sites (tertiary alicyclic amines) is 1. The summed E-state index contributed by atoms with van der Waals surface area (Å²) in [5.74, 6) is 1.95. The van der Waals surface area contributed by atoms with Crippen LogP contribution in [0.25, 0.3) is 0 Å². The second-order valence-electron chi connectivity index (χ2n) is 5.19. The highest BCUT2D eigenvalue weighted by Gasteiger charge is 2.13. The summed E-state index contributed by atoms with van der Waals surface area (Å²) in [4.78, 5) is 13.8. The van der Waals surface area contributed by atoms with Crippen molar-refractivity contribution in [1.29, 1.82) is 0 Å². The second kappa shape index (κ2) is 7.20. The third-order valence-corrected chi connectivity index (χ3v) is 3.95. The van der Waals surface area contributed by atoms with E-state index in [0.717, 1.165) is 42.2 Å². The molecule has 0 aliphatic carbocycles. The Morgan fingerprint density at radius 3 is 2.74 bits per heavy atom. The molecule has 1 aromatic rings. The summed E-state index contributed by atoms with van der Waals surface area (Å²) >= 11 is 3.48. The van der Waals surface area contributed by atoms with Crippen molar-refractivity contribution >= 4 is 21.7 Å². The molecular weight excluding hydrogens is 304 g/mol. The van der Waals surface area contributed by atoms with Crippen molar-refractivity contribution in [2.24, 2.45) is 0 Å². The molecule has 5 heteroatoms. The molecule has 0 amide bonds. The number of halogens is 1. The van der Waals surface area contributed by atoms with Crippen LogP contribution in [0.5, 0.6) is 0 Å². The third kappa shape index (κ3) is 4.42. The zero-order valence-electron chi connectivity index (χ0n) is 11.9. The van der Waals surface area contributed by atoms with Crippen LogP contribution in [0.1, 0.15) is 32.0 Å². The van der Waals surface area contributed by atoms with E-state index in [-0.39, 0.29) is 0 Å². The van der Waals surface area contributed by atoms with Gasteiger partial charge in [0.2, 0.25) is 0 Å². The Balaban J connectivity index is 1.94. The van der Waals surface area contributed by atoms with Gasteiger partial charge in [0.1, 0.15) is 16.2 Å². The minimum atomic E-state index is 0.883. The summed E-state index contributed by atoms with van der Waals surface area (Å²) < 4.78 is 0.883. The van der Waals surface area contributed by atoms with Gasteiger partial charge in [-0.05, 0) is 48.3 Å². The number of rotatable bonds is 6. The van der Waals surface area contributed by atoms with Crippen molar-refractivity contribution in [2.45, 2.75) is 32.6 Å². The van der Waals surface area contributed by atoms with Crippen molar-refractivity contribution in [1.82, 2.24) is 14.9 Å². The highest BCUT2D eigenvalue weighted by Crippen LogP contribution is 2.16. The van der Waals surface area contributed by atoms with Gasteiger partial charge in [-0.2, -0.15) is 0 Å². The van der Waals surface area contributed by atoms with E-state index in [1.807, 2.05) is 6.07 Å². The lowest BCUT2D eigenvalue weighted by molar-refractivity contribution is 0.346. The number of hydrogen-bond acceptors (Lipinski definition) is 4. The lowest BCUT2D eigenvalue weighted by atomic mass is 10.3. The average molecular weight is 327 g/mol. The number of likely N-dealkylation sites (N-methyl/N-ethyl adjacent to an activating group) is 1. The minimum absolute atomic E-state index is 0.883. The van der Waals surface area contributed by atoms with Gasteiger partial charge in [-0.1, -0.05) is 6.92 Å². The van der Waals surface area contributed by atoms with Crippen molar-refractivity contribution in [3.05, 3.63) is 16.5 Å². The maximum Gasteiger partial charge on any atom is 0.133 e. The van der Waals surface area contributed by atoms with Crippen LogP contribution in [0, 0.1) is 0 Å². The normalized spacial score (nSPS) is 15.9. The van der Waals surface area contributed by atoms with E-state index in [0.29, 0.717) is 0 Å². The van der Waals surface area contributed by atoms with Crippen molar-refractivity contribution in [2.75, 3.05) is 38.1 Å². The fraction of sp³-hybridized carbons (Fsp3) is 0.714. The molecule has 1 aliphatic rings. The van der Waals surface area contributed by atoms with E-state index in [1.54, 1.807) is 0 Å². The molecule has 2 rings (SSSR count). The molecule has 0 radical (unpaired) electrons. The van der Waals surface area contributed by atoms with Crippen LogP contribution in [-0.4, -0.2) is 48.1 Å². The summed E-state index contributed by atoms with van der Waals surface area (Å²) in [5.41, 5.74) is 0. The maximum absolute atomic E-state index is 4.63. The van der Waals surface area contributed by atoms with Crippen LogP contribution in [0.2, 0.25) is 0 Å². The Kier molecular flexibility index (Phi) is 5.58. The molecule has 2 heterocycles. The van der Waals surface area contributed by atoms with Gasteiger partial charge >= 0.3 is 0 Å². The molecule has 4 nitrogen and oxygen atoms in total. The van der Waals surface area contributed by atoms with Gasteiger partial charge in [0.25, 0.3) is 0 Å². The summed E-state index contributed by atoms with van der Waals surface area (Å²) in [6.07, 6.45) is 4.71. The number of nitrogens with zero attached hydrogens (tertiary/aromatic N) is 4. The molecule has 0 saturated carbocycles. The molecule has 1 saturated heterocycles. The molecule has 0 unspecified atom stereocenters. The third-order valence-electron chi connectivity index (χ3n) is 3.54. The van der Waals surface area contributed by atoms with E-state index in [9.17, 15) is 0 Å². The number of anilines is 1. The van der Waals surface area contributed by atoms with Crippen molar-refractivity contribution < 1.29 is 0 Å². The zero-order valence-corrected chi connectivity index (χ0v) is 13.5. The molecule has 0 bridgehead atoms. The highest BCUT2D eigenvalue weighted by atomic mass is 79.9. The second-order valence-corrected chi connectivity index (χ2v) is 6.00. The van der Waals surface area contributed by atoms with Crippen molar-refractivity contribution in [3.8, 4) is 0 Å². The Morgan fingerprint density at radius 1 is 1.32 bits per heavy atom. The maximum atomic E-state index is 4.63. The molecule has 0 spiro atoms. The van der Waals surface area contributed by atoms with E-state index < -0.39 is 0 Å². The van der Waals surface area contributed by atoms with Crippen LogP contribution in [0.15, 0.2) is 10.7 Å². The topological polar surface area (TPSA) is 32.3 Å². The quantitative estimate of drug-likeness (QED) is 0.752. The minimum Gasteiger partial charge on any atom is -0.358 e. The molecular formula is C14H23BrN4. The Hall–Kier alpha value is -0.680. The lowest BCUT2D eigenvalue weighted by Crippen LogP contribution is -2.32. The highest BCUT2D eigenvalue weighted by molar-refractivity contribution is 9.10. The van der Waals surface area contributed by atoms with Crippen LogP contribution in [0.4, 0.5) is 5.82 Å². The molecule has 0 atom stereocenters. The van der Waals surface area contributed by atoms with E-state index in [4.69, 9.17) is 0 Å². The summed E-state index contributed by atoms with van der Waals surface area (Å²) in [7, 11) is 2.11. The Labute approximate surface area is 124 Å². The first-order valence-electron chi connectivity index (χ1n) is 7.16. The zero-order chi connectivity index (χ0) is 13.7. The van der Waals surface area contributed by atoms with E-state index >= 15 is 0 Å². The van der Waals surface area contributed by atoms with Crippen LogP contribution >= 0.6 is 15.9 Å².